The molecule has 0 aliphatic rings. The van der Waals surface area contributed by atoms with E-state index >= 15 is 0 Å². The van der Waals surface area contributed by atoms with Gasteiger partial charge in [0.15, 0.2) is 0 Å². The van der Waals surface area contributed by atoms with Gasteiger partial charge < -0.3 is 15.5 Å². The first-order chi connectivity index (χ1) is 11.0. The summed E-state index contributed by atoms with van der Waals surface area (Å²) in [5.41, 5.74) is 2.55. The Labute approximate surface area is 137 Å². The highest BCUT2D eigenvalue weighted by Crippen LogP contribution is 2.08. The molecule has 2 rings (SSSR count). The van der Waals surface area contributed by atoms with E-state index in [0.29, 0.717) is 18.7 Å². The lowest BCUT2D eigenvalue weighted by atomic mass is 10.1. The summed E-state index contributed by atoms with van der Waals surface area (Å²) in [6.45, 7) is 3.94. The zero-order valence-corrected chi connectivity index (χ0v) is 13.8. The van der Waals surface area contributed by atoms with E-state index in [1.165, 1.54) is 0 Å². The molecule has 0 bridgehead atoms. The lowest BCUT2D eigenvalue weighted by Crippen LogP contribution is -2.31. The van der Waals surface area contributed by atoms with Crippen molar-refractivity contribution in [1.82, 2.24) is 20.2 Å². The van der Waals surface area contributed by atoms with Crippen LogP contribution < -0.4 is 10.6 Å². The maximum Gasteiger partial charge on any atom is 0.251 e. The molecule has 1 amide bonds. The SMILES string of the molecule is Cc1cncc(NCc2cccc(C(=O)NCCN(C)C)c2)n1. The van der Waals surface area contributed by atoms with E-state index in [4.69, 9.17) is 0 Å². The maximum absolute atomic E-state index is 12.1. The van der Waals surface area contributed by atoms with Crippen molar-refractivity contribution in [3.05, 3.63) is 53.5 Å². The molecule has 6 nitrogen and oxygen atoms in total. The van der Waals surface area contributed by atoms with Gasteiger partial charge in [-0.25, -0.2) is 4.98 Å². The Bertz CT molecular complexity index is 657. The molecular formula is C17H23N5O. The van der Waals surface area contributed by atoms with Crippen molar-refractivity contribution in [3.8, 4) is 0 Å². The molecule has 1 aromatic heterocycles. The fraction of sp³-hybridized carbons (Fsp3) is 0.353. The Morgan fingerprint density at radius 3 is 2.83 bits per heavy atom. The first-order valence-corrected chi connectivity index (χ1v) is 7.59. The normalized spacial score (nSPS) is 10.6. The van der Waals surface area contributed by atoms with E-state index in [0.717, 1.165) is 23.6 Å². The van der Waals surface area contributed by atoms with Crippen LogP contribution in [0.4, 0.5) is 5.82 Å². The third-order valence-electron chi connectivity index (χ3n) is 3.26. The van der Waals surface area contributed by atoms with Gasteiger partial charge in [-0.1, -0.05) is 12.1 Å². The van der Waals surface area contributed by atoms with Gasteiger partial charge in [-0.2, -0.15) is 0 Å². The Morgan fingerprint density at radius 2 is 2.09 bits per heavy atom. The second-order valence-electron chi connectivity index (χ2n) is 5.66. The third-order valence-corrected chi connectivity index (χ3v) is 3.26. The number of nitrogens with one attached hydrogen (secondary N) is 2. The van der Waals surface area contributed by atoms with E-state index in [1.807, 2.05) is 50.2 Å². The highest BCUT2D eigenvalue weighted by molar-refractivity contribution is 5.94. The number of carbonyl (C=O) groups is 1. The number of carbonyl (C=O) groups excluding carboxylic acids is 1. The minimum atomic E-state index is -0.0518. The number of hydrogen-bond acceptors (Lipinski definition) is 5. The summed E-state index contributed by atoms with van der Waals surface area (Å²) in [6, 6.07) is 7.58. The predicted molar refractivity (Wildman–Crippen MR) is 91.4 cm³/mol. The van der Waals surface area contributed by atoms with Crippen LogP contribution in [0.5, 0.6) is 0 Å². The van der Waals surface area contributed by atoms with E-state index in [1.54, 1.807) is 12.4 Å². The molecule has 2 aromatic rings. The number of hydrogen-bond donors (Lipinski definition) is 2. The third kappa shape index (κ3) is 5.67. The topological polar surface area (TPSA) is 70.2 Å². The molecule has 0 radical (unpaired) electrons. The zero-order valence-electron chi connectivity index (χ0n) is 13.8. The van der Waals surface area contributed by atoms with Crippen LogP contribution in [0.2, 0.25) is 0 Å². The molecule has 1 heterocycles. The van der Waals surface area contributed by atoms with Crippen molar-refractivity contribution in [1.29, 1.82) is 0 Å². The number of aryl methyl sites for hydroxylation is 1. The zero-order chi connectivity index (χ0) is 16.7. The van der Waals surface area contributed by atoms with Crippen molar-refractivity contribution in [2.75, 3.05) is 32.5 Å². The molecule has 0 atom stereocenters. The average Bonchev–Trinajstić information content (AvgIpc) is 2.53. The molecular weight excluding hydrogens is 290 g/mol. The monoisotopic (exact) mass is 313 g/mol. The Kier molecular flexibility index (Phi) is 6.05. The largest absolute Gasteiger partial charge is 0.365 e. The lowest BCUT2D eigenvalue weighted by Gasteiger charge is -2.11. The quantitative estimate of drug-likeness (QED) is 0.814. The Hall–Kier alpha value is -2.47. The fourth-order valence-electron chi connectivity index (χ4n) is 2.06. The molecule has 0 saturated carbocycles. The molecule has 0 aliphatic carbocycles. The summed E-state index contributed by atoms with van der Waals surface area (Å²) < 4.78 is 0. The highest BCUT2D eigenvalue weighted by atomic mass is 16.1. The fourth-order valence-corrected chi connectivity index (χ4v) is 2.06. The van der Waals surface area contributed by atoms with Crippen LogP contribution in [-0.2, 0) is 6.54 Å². The molecule has 2 N–H and O–H groups in total. The van der Waals surface area contributed by atoms with Gasteiger partial charge in [0.05, 0.1) is 11.9 Å². The van der Waals surface area contributed by atoms with E-state index in [-0.39, 0.29) is 5.91 Å². The van der Waals surface area contributed by atoms with Gasteiger partial charge in [0.1, 0.15) is 5.82 Å². The first-order valence-electron chi connectivity index (χ1n) is 7.59. The molecule has 1 aromatic carbocycles. The number of aromatic nitrogens is 2. The van der Waals surface area contributed by atoms with Crippen LogP contribution in [0.25, 0.3) is 0 Å². The summed E-state index contributed by atoms with van der Waals surface area (Å²) in [6.07, 6.45) is 3.40. The second-order valence-corrected chi connectivity index (χ2v) is 5.66. The van der Waals surface area contributed by atoms with E-state index in [9.17, 15) is 4.79 Å². The van der Waals surface area contributed by atoms with Gasteiger partial charge in [0.25, 0.3) is 5.91 Å². The average molecular weight is 313 g/mol. The number of benzene rings is 1. The van der Waals surface area contributed by atoms with Crippen molar-refractivity contribution in [3.63, 3.8) is 0 Å². The van der Waals surface area contributed by atoms with E-state index < -0.39 is 0 Å². The number of anilines is 1. The standard InChI is InChI=1S/C17H23N5O/c1-13-10-18-12-16(21-13)20-11-14-5-4-6-15(9-14)17(23)19-7-8-22(2)3/h4-6,9-10,12H,7-8,11H2,1-3H3,(H,19,23)(H,20,21). The smallest absolute Gasteiger partial charge is 0.251 e. The second kappa shape index (κ2) is 8.24. The number of amides is 1. The summed E-state index contributed by atoms with van der Waals surface area (Å²) >= 11 is 0. The Morgan fingerprint density at radius 1 is 1.26 bits per heavy atom. The lowest BCUT2D eigenvalue weighted by molar-refractivity contribution is 0.0951. The number of rotatable bonds is 7. The molecule has 0 aliphatic heterocycles. The molecule has 6 heteroatoms. The molecule has 23 heavy (non-hydrogen) atoms. The van der Waals surface area contributed by atoms with Crippen molar-refractivity contribution >= 4 is 11.7 Å². The van der Waals surface area contributed by atoms with Gasteiger partial charge in [0, 0.05) is 31.4 Å². The minimum Gasteiger partial charge on any atom is -0.365 e. The van der Waals surface area contributed by atoms with Crippen LogP contribution in [0, 0.1) is 6.92 Å². The van der Waals surface area contributed by atoms with Crippen LogP contribution >= 0.6 is 0 Å². The van der Waals surface area contributed by atoms with Gasteiger partial charge in [-0.3, -0.25) is 9.78 Å². The number of likely N-dealkylation sites (N-methyl/N-ethyl adjacent to an activating group) is 1. The van der Waals surface area contributed by atoms with Gasteiger partial charge in [-0.15, -0.1) is 0 Å². The minimum absolute atomic E-state index is 0.0518. The maximum atomic E-state index is 12.1. The summed E-state index contributed by atoms with van der Waals surface area (Å²) in [5.74, 6) is 0.676. The summed E-state index contributed by atoms with van der Waals surface area (Å²) in [7, 11) is 3.96. The van der Waals surface area contributed by atoms with Crippen molar-refractivity contribution in [2.24, 2.45) is 0 Å². The Balaban J connectivity index is 1.92. The van der Waals surface area contributed by atoms with Gasteiger partial charge in [-0.05, 0) is 38.7 Å². The van der Waals surface area contributed by atoms with Crippen LogP contribution in [-0.4, -0.2) is 48.0 Å². The molecule has 0 fully saturated rings. The first kappa shape index (κ1) is 16.9. The molecule has 0 unspecified atom stereocenters. The highest BCUT2D eigenvalue weighted by Gasteiger charge is 2.06. The van der Waals surface area contributed by atoms with Crippen molar-refractivity contribution in [2.45, 2.75) is 13.5 Å². The van der Waals surface area contributed by atoms with E-state index in [2.05, 4.69) is 20.6 Å². The van der Waals surface area contributed by atoms with Gasteiger partial charge in [0.2, 0.25) is 0 Å². The van der Waals surface area contributed by atoms with Crippen molar-refractivity contribution < 1.29 is 4.79 Å². The van der Waals surface area contributed by atoms with Crippen LogP contribution in [0.3, 0.4) is 0 Å². The van der Waals surface area contributed by atoms with Gasteiger partial charge >= 0.3 is 0 Å². The molecule has 0 spiro atoms. The van der Waals surface area contributed by atoms with Crippen LogP contribution in [0.15, 0.2) is 36.7 Å². The summed E-state index contributed by atoms with van der Waals surface area (Å²) in [4.78, 5) is 22.6. The predicted octanol–water partition coefficient (Wildman–Crippen LogP) is 1.69. The number of nitrogens with zero attached hydrogens (tertiary/aromatic N) is 3. The molecule has 122 valence electrons. The van der Waals surface area contributed by atoms with Crippen LogP contribution in [0.1, 0.15) is 21.6 Å². The molecule has 0 saturated heterocycles. The summed E-state index contributed by atoms with van der Waals surface area (Å²) in [5, 5.41) is 6.13.